The normalized spacial score (nSPS) is 16.7. The van der Waals surface area contributed by atoms with Gasteiger partial charge in [0.2, 0.25) is 10.0 Å². The van der Waals surface area contributed by atoms with Gasteiger partial charge in [-0.25, -0.2) is 13.4 Å². The van der Waals surface area contributed by atoms with Gasteiger partial charge in [0.15, 0.2) is 0 Å². The van der Waals surface area contributed by atoms with Gasteiger partial charge in [0, 0.05) is 32.1 Å². The minimum absolute atomic E-state index is 0.0554. The van der Waals surface area contributed by atoms with E-state index in [1.165, 1.54) is 35.8 Å². The second kappa shape index (κ2) is 10.4. The average molecular weight is 510 g/mol. The number of ether oxygens (including phenoxy) is 2. The molecule has 11 heteroatoms. The summed E-state index contributed by atoms with van der Waals surface area (Å²) >= 11 is 0. The maximum Gasteiger partial charge on any atom is 0.416 e. The molecule has 188 valence electrons. The predicted octanol–water partition coefficient (Wildman–Crippen LogP) is 4.33. The van der Waals surface area contributed by atoms with Crippen molar-refractivity contribution in [3.8, 4) is 5.75 Å². The number of alkyl halides is 3. The molecule has 1 fully saturated rings. The summed E-state index contributed by atoms with van der Waals surface area (Å²) in [4.78, 5) is 4.41. The largest absolute Gasteiger partial charge is 0.497 e. The summed E-state index contributed by atoms with van der Waals surface area (Å²) in [5.74, 6) is 0.948. The van der Waals surface area contributed by atoms with Crippen molar-refractivity contribution in [3.63, 3.8) is 0 Å². The van der Waals surface area contributed by atoms with Crippen LogP contribution < -0.4 is 4.74 Å². The number of sulfonamides is 1. The first-order chi connectivity index (χ1) is 16.7. The van der Waals surface area contributed by atoms with Crippen LogP contribution >= 0.6 is 0 Å². The van der Waals surface area contributed by atoms with Gasteiger partial charge in [-0.2, -0.15) is 17.5 Å². The number of nitrogens with zero attached hydrogens (tertiary/aromatic N) is 3. The molecule has 0 bridgehead atoms. The van der Waals surface area contributed by atoms with Crippen LogP contribution in [0.3, 0.4) is 0 Å². The number of halogens is 3. The highest BCUT2D eigenvalue weighted by atomic mass is 32.2. The highest BCUT2D eigenvalue weighted by molar-refractivity contribution is 7.89. The van der Waals surface area contributed by atoms with Crippen LogP contribution in [0.15, 0.2) is 65.8 Å². The Balaban J connectivity index is 1.60. The van der Waals surface area contributed by atoms with Crippen molar-refractivity contribution in [2.24, 2.45) is 0 Å². The second-order valence-electron chi connectivity index (χ2n) is 8.28. The number of aromatic nitrogens is 2. The van der Waals surface area contributed by atoms with Crippen LogP contribution in [0.2, 0.25) is 0 Å². The molecule has 35 heavy (non-hydrogen) atoms. The minimum Gasteiger partial charge on any atom is -0.497 e. The first-order valence-corrected chi connectivity index (χ1v) is 12.5. The highest BCUT2D eigenvalue weighted by Crippen LogP contribution is 2.30. The molecule has 1 unspecified atom stereocenters. The van der Waals surface area contributed by atoms with Gasteiger partial charge >= 0.3 is 6.18 Å². The molecule has 3 aromatic rings. The molecule has 1 aromatic heterocycles. The molecule has 1 atom stereocenters. The maximum atomic E-state index is 13.5. The Hall–Kier alpha value is -2.89. The summed E-state index contributed by atoms with van der Waals surface area (Å²) in [6.07, 6.45) is 0.0408. The van der Waals surface area contributed by atoms with E-state index in [1.807, 2.05) is 0 Å². The van der Waals surface area contributed by atoms with Crippen molar-refractivity contribution in [3.05, 3.63) is 77.9 Å². The summed E-state index contributed by atoms with van der Waals surface area (Å²) in [6, 6.07) is 11.2. The van der Waals surface area contributed by atoms with Crippen LogP contribution in [0, 0.1) is 0 Å². The van der Waals surface area contributed by atoms with Gasteiger partial charge in [-0.05, 0) is 54.8 Å². The molecule has 0 amide bonds. The van der Waals surface area contributed by atoms with E-state index in [4.69, 9.17) is 9.47 Å². The predicted molar refractivity (Wildman–Crippen MR) is 122 cm³/mol. The Morgan fingerprint density at radius 1 is 1.20 bits per heavy atom. The second-order valence-corrected chi connectivity index (χ2v) is 10.2. The SMILES string of the molecule is COc1ccc(S(=O)(=O)N(Cc2nccn2Cc2cccc(C(F)(F)F)c2)CC2CCCO2)cc1. The molecule has 0 N–H and O–H groups in total. The van der Waals surface area contributed by atoms with Crippen LogP contribution in [0.5, 0.6) is 5.75 Å². The average Bonchev–Trinajstić information content (AvgIpc) is 3.51. The molecule has 1 saturated heterocycles. The topological polar surface area (TPSA) is 73.7 Å². The molecule has 0 aliphatic carbocycles. The van der Waals surface area contributed by atoms with Crippen molar-refractivity contribution in [1.82, 2.24) is 13.9 Å². The Bertz CT molecular complexity index is 1240. The van der Waals surface area contributed by atoms with Gasteiger partial charge in [0.05, 0.1) is 30.2 Å². The molecule has 7 nitrogen and oxygen atoms in total. The van der Waals surface area contributed by atoms with E-state index in [2.05, 4.69) is 4.98 Å². The van der Waals surface area contributed by atoms with Crippen LogP contribution in [-0.2, 0) is 34.0 Å². The van der Waals surface area contributed by atoms with E-state index in [1.54, 1.807) is 29.0 Å². The molecule has 4 rings (SSSR count). The number of rotatable bonds is 9. The van der Waals surface area contributed by atoms with E-state index >= 15 is 0 Å². The molecule has 0 radical (unpaired) electrons. The number of imidazole rings is 1. The fraction of sp³-hybridized carbons (Fsp3) is 0.375. The van der Waals surface area contributed by atoms with Gasteiger partial charge in [-0.3, -0.25) is 0 Å². The third-order valence-corrected chi connectivity index (χ3v) is 7.68. The van der Waals surface area contributed by atoms with Crippen molar-refractivity contribution in [2.75, 3.05) is 20.3 Å². The lowest BCUT2D eigenvalue weighted by Crippen LogP contribution is -2.37. The van der Waals surface area contributed by atoms with Gasteiger partial charge in [0.25, 0.3) is 0 Å². The summed E-state index contributed by atoms with van der Waals surface area (Å²) in [6.45, 7) is 0.784. The fourth-order valence-electron chi connectivity index (χ4n) is 4.00. The number of methoxy groups -OCH3 is 1. The minimum atomic E-state index is -4.45. The lowest BCUT2D eigenvalue weighted by molar-refractivity contribution is -0.137. The van der Waals surface area contributed by atoms with E-state index in [-0.39, 0.29) is 30.6 Å². The summed E-state index contributed by atoms with van der Waals surface area (Å²) in [7, 11) is -2.41. The van der Waals surface area contributed by atoms with Crippen LogP contribution in [-0.4, -0.2) is 48.6 Å². The quantitative estimate of drug-likeness (QED) is 0.429. The van der Waals surface area contributed by atoms with E-state index in [0.717, 1.165) is 25.0 Å². The lowest BCUT2D eigenvalue weighted by Gasteiger charge is -2.25. The van der Waals surface area contributed by atoms with Crippen LogP contribution in [0.1, 0.15) is 29.8 Å². The standard InChI is InChI=1S/C24H26F3N3O4S/c1-33-20-7-9-22(10-8-20)35(31,32)30(16-21-6-3-13-34-21)17-23-28-11-12-29(23)15-18-4-2-5-19(14-18)24(25,26)27/h2,4-5,7-12,14,21H,3,6,13,15-17H2,1H3. The molecule has 0 spiro atoms. The van der Waals surface area contributed by atoms with Crippen molar-refractivity contribution in [1.29, 1.82) is 0 Å². The lowest BCUT2D eigenvalue weighted by atomic mass is 10.1. The molecule has 1 aliphatic rings. The fourth-order valence-corrected chi connectivity index (χ4v) is 5.42. The maximum absolute atomic E-state index is 13.5. The molecular formula is C24H26F3N3O4S. The molecule has 1 aliphatic heterocycles. The summed E-state index contributed by atoms with van der Waals surface area (Å²) in [5.41, 5.74) is -0.304. The molecule has 2 heterocycles. The Morgan fingerprint density at radius 2 is 1.97 bits per heavy atom. The van der Waals surface area contributed by atoms with E-state index in [9.17, 15) is 21.6 Å². The Kier molecular flexibility index (Phi) is 7.48. The molecule has 2 aromatic carbocycles. The molecule has 0 saturated carbocycles. The first-order valence-electron chi connectivity index (χ1n) is 11.1. The highest BCUT2D eigenvalue weighted by Gasteiger charge is 2.32. The van der Waals surface area contributed by atoms with Crippen LogP contribution in [0.4, 0.5) is 13.2 Å². The Labute approximate surface area is 202 Å². The smallest absolute Gasteiger partial charge is 0.416 e. The monoisotopic (exact) mass is 509 g/mol. The van der Waals surface area contributed by atoms with Gasteiger partial charge in [-0.15, -0.1) is 0 Å². The van der Waals surface area contributed by atoms with E-state index < -0.39 is 21.8 Å². The van der Waals surface area contributed by atoms with Crippen LogP contribution in [0.25, 0.3) is 0 Å². The van der Waals surface area contributed by atoms with Gasteiger partial charge in [-0.1, -0.05) is 12.1 Å². The van der Waals surface area contributed by atoms with Crippen molar-refractivity contribution >= 4 is 10.0 Å². The van der Waals surface area contributed by atoms with Crippen molar-refractivity contribution < 1.29 is 31.1 Å². The number of hydrogen-bond donors (Lipinski definition) is 0. The zero-order valence-electron chi connectivity index (χ0n) is 19.1. The van der Waals surface area contributed by atoms with E-state index in [0.29, 0.717) is 23.7 Å². The molecular weight excluding hydrogens is 483 g/mol. The van der Waals surface area contributed by atoms with Gasteiger partial charge < -0.3 is 14.0 Å². The third kappa shape index (κ3) is 6.03. The van der Waals surface area contributed by atoms with Gasteiger partial charge in [0.1, 0.15) is 11.6 Å². The Morgan fingerprint density at radius 3 is 2.63 bits per heavy atom. The first kappa shape index (κ1) is 25.2. The zero-order chi connectivity index (χ0) is 25.1. The summed E-state index contributed by atoms with van der Waals surface area (Å²) in [5, 5.41) is 0. The number of hydrogen-bond acceptors (Lipinski definition) is 5. The summed E-state index contributed by atoms with van der Waals surface area (Å²) < 4.78 is 80.2. The zero-order valence-corrected chi connectivity index (χ0v) is 19.9. The third-order valence-electron chi connectivity index (χ3n) is 5.86. The van der Waals surface area contributed by atoms with Crippen molar-refractivity contribution in [2.45, 2.75) is 43.1 Å². The number of benzene rings is 2.